The highest BCUT2D eigenvalue weighted by Gasteiger charge is 2.34. The summed E-state index contributed by atoms with van der Waals surface area (Å²) >= 11 is 12.3. The number of amides is 2. The van der Waals surface area contributed by atoms with Crippen LogP contribution in [0.15, 0.2) is 71.6 Å². The van der Waals surface area contributed by atoms with Gasteiger partial charge in [-0.05, 0) is 81.1 Å². The fourth-order valence-corrected chi connectivity index (χ4v) is 6.19. The van der Waals surface area contributed by atoms with E-state index >= 15 is 0 Å². The van der Waals surface area contributed by atoms with Crippen molar-refractivity contribution in [2.45, 2.75) is 64.6 Å². The first-order chi connectivity index (χ1) is 18.9. The maximum Gasteiger partial charge on any atom is 0.264 e. The molecule has 0 aliphatic rings. The van der Waals surface area contributed by atoms with Crippen molar-refractivity contribution in [2.24, 2.45) is 0 Å². The van der Waals surface area contributed by atoms with Crippen LogP contribution in [0.3, 0.4) is 0 Å². The van der Waals surface area contributed by atoms with Crippen molar-refractivity contribution in [1.29, 1.82) is 0 Å². The van der Waals surface area contributed by atoms with Crippen LogP contribution in [-0.2, 0) is 26.2 Å². The fraction of sp³-hybridized carbons (Fsp3) is 0.333. The second kappa shape index (κ2) is 13.5. The number of nitrogens with one attached hydrogen (secondary N) is 1. The first-order valence-corrected chi connectivity index (χ1v) is 15.2. The zero-order valence-corrected chi connectivity index (χ0v) is 25.6. The van der Waals surface area contributed by atoms with Gasteiger partial charge in [0.15, 0.2) is 0 Å². The van der Waals surface area contributed by atoms with E-state index in [1.165, 1.54) is 17.0 Å². The van der Waals surface area contributed by atoms with E-state index in [-0.39, 0.29) is 23.4 Å². The Morgan fingerprint density at radius 3 is 2.20 bits per heavy atom. The third-order valence-electron chi connectivity index (χ3n) is 6.61. The molecule has 1 N–H and O–H groups in total. The van der Waals surface area contributed by atoms with E-state index in [4.69, 9.17) is 23.2 Å². The second-order valence-corrected chi connectivity index (χ2v) is 12.6. The number of hydrogen-bond donors (Lipinski definition) is 1. The smallest absolute Gasteiger partial charge is 0.264 e. The highest BCUT2D eigenvalue weighted by atomic mass is 35.5. The van der Waals surface area contributed by atoms with Crippen molar-refractivity contribution in [1.82, 2.24) is 10.2 Å². The molecule has 0 unspecified atom stereocenters. The molecular weight excluding hydrogens is 569 g/mol. The van der Waals surface area contributed by atoms with Gasteiger partial charge in [-0.3, -0.25) is 13.9 Å². The molecule has 40 heavy (non-hydrogen) atoms. The molecule has 0 fully saturated rings. The minimum atomic E-state index is -4.13. The van der Waals surface area contributed by atoms with Gasteiger partial charge in [-0.1, -0.05) is 66.5 Å². The molecule has 0 saturated heterocycles. The predicted octanol–water partition coefficient (Wildman–Crippen LogP) is 6.14. The van der Waals surface area contributed by atoms with Crippen molar-refractivity contribution >= 4 is 50.7 Å². The van der Waals surface area contributed by atoms with E-state index in [2.05, 4.69) is 5.32 Å². The van der Waals surface area contributed by atoms with Crippen LogP contribution < -0.4 is 9.62 Å². The van der Waals surface area contributed by atoms with Crippen molar-refractivity contribution in [2.75, 3.05) is 10.8 Å². The number of sulfonamides is 1. The summed E-state index contributed by atoms with van der Waals surface area (Å²) in [6.45, 7) is 8.72. The Labute approximate surface area is 247 Å². The van der Waals surface area contributed by atoms with Crippen LogP contribution in [0, 0.1) is 13.8 Å². The number of anilines is 1. The van der Waals surface area contributed by atoms with E-state index in [9.17, 15) is 18.0 Å². The Morgan fingerprint density at radius 2 is 1.60 bits per heavy atom. The third kappa shape index (κ3) is 7.36. The van der Waals surface area contributed by atoms with Crippen LogP contribution in [0.5, 0.6) is 0 Å². The predicted molar refractivity (Wildman–Crippen MR) is 161 cm³/mol. The minimum absolute atomic E-state index is 0.0335. The molecule has 0 aromatic heterocycles. The maximum atomic E-state index is 14.1. The molecule has 2 amide bonds. The van der Waals surface area contributed by atoms with Gasteiger partial charge in [-0.2, -0.15) is 0 Å². The Bertz CT molecular complexity index is 1460. The topological polar surface area (TPSA) is 86.8 Å². The number of benzene rings is 3. The first-order valence-electron chi connectivity index (χ1n) is 13.0. The lowest BCUT2D eigenvalue weighted by molar-refractivity contribution is -0.140. The molecule has 0 aliphatic heterocycles. The molecule has 3 rings (SSSR count). The van der Waals surface area contributed by atoms with Crippen molar-refractivity contribution in [3.05, 3.63) is 93.5 Å². The molecule has 0 saturated carbocycles. The maximum absolute atomic E-state index is 14.1. The Morgan fingerprint density at radius 1 is 0.925 bits per heavy atom. The number of nitrogens with zero attached hydrogens (tertiary/aromatic N) is 2. The largest absolute Gasteiger partial charge is 0.352 e. The molecule has 0 heterocycles. The molecule has 0 radical (unpaired) electrons. The third-order valence-corrected chi connectivity index (χ3v) is 9.12. The molecule has 10 heteroatoms. The Hall–Kier alpha value is -3.07. The van der Waals surface area contributed by atoms with Gasteiger partial charge < -0.3 is 10.2 Å². The van der Waals surface area contributed by atoms with Crippen LogP contribution in [0.25, 0.3) is 0 Å². The molecular formula is C30H35Cl2N3O4S. The fourth-order valence-electron chi connectivity index (χ4n) is 4.37. The van der Waals surface area contributed by atoms with Crippen molar-refractivity contribution < 1.29 is 18.0 Å². The molecule has 0 aliphatic carbocycles. The van der Waals surface area contributed by atoms with Crippen LogP contribution in [-0.4, -0.2) is 43.8 Å². The molecule has 1 atom stereocenters. The number of carbonyl (C=O) groups is 2. The molecule has 214 valence electrons. The first kappa shape index (κ1) is 31.5. The lowest BCUT2D eigenvalue weighted by Crippen LogP contribution is -2.53. The monoisotopic (exact) mass is 603 g/mol. The number of halogens is 2. The summed E-state index contributed by atoms with van der Waals surface area (Å²) in [4.78, 5) is 28.8. The molecule has 7 nitrogen and oxygen atoms in total. The summed E-state index contributed by atoms with van der Waals surface area (Å²) in [6.07, 6.45) is 0.320. The lowest BCUT2D eigenvalue weighted by Gasteiger charge is -2.34. The van der Waals surface area contributed by atoms with Crippen LogP contribution in [0.2, 0.25) is 10.0 Å². The second-order valence-electron chi connectivity index (χ2n) is 9.90. The van der Waals surface area contributed by atoms with Gasteiger partial charge >= 0.3 is 0 Å². The number of carbonyl (C=O) groups excluding carboxylic acids is 2. The Balaban J connectivity index is 2.11. The van der Waals surface area contributed by atoms with E-state index in [0.717, 1.165) is 15.4 Å². The Kier molecular flexibility index (Phi) is 10.6. The van der Waals surface area contributed by atoms with Gasteiger partial charge in [0.05, 0.1) is 20.6 Å². The van der Waals surface area contributed by atoms with Gasteiger partial charge in [0.1, 0.15) is 12.6 Å². The average molecular weight is 605 g/mol. The van der Waals surface area contributed by atoms with E-state index in [0.29, 0.717) is 27.7 Å². The van der Waals surface area contributed by atoms with E-state index in [1.807, 2.05) is 40.7 Å². The minimum Gasteiger partial charge on any atom is -0.352 e. The average Bonchev–Trinajstić information content (AvgIpc) is 2.91. The van der Waals surface area contributed by atoms with Crippen LogP contribution in [0.4, 0.5) is 5.69 Å². The van der Waals surface area contributed by atoms with Crippen LogP contribution >= 0.6 is 23.2 Å². The van der Waals surface area contributed by atoms with Gasteiger partial charge in [0, 0.05) is 12.6 Å². The molecule has 3 aromatic rings. The molecule has 0 spiro atoms. The summed E-state index contributed by atoms with van der Waals surface area (Å²) in [5, 5.41) is 3.56. The number of aryl methyl sites for hydroxylation is 1. The molecule has 3 aromatic carbocycles. The van der Waals surface area contributed by atoms with Crippen LogP contribution in [0.1, 0.15) is 43.9 Å². The quantitative estimate of drug-likeness (QED) is 0.285. The lowest BCUT2D eigenvalue weighted by atomic mass is 10.1. The highest BCUT2D eigenvalue weighted by molar-refractivity contribution is 7.92. The zero-order chi connectivity index (χ0) is 29.6. The summed E-state index contributed by atoms with van der Waals surface area (Å²) in [5.74, 6) is -0.854. The van der Waals surface area contributed by atoms with Gasteiger partial charge in [0.25, 0.3) is 10.0 Å². The normalized spacial score (nSPS) is 12.2. The number of hydrogen-bond acceptors (Lipinski definition) is 4. The summed E-state index contributed by atoms with van der Waals surface area (Å²) < 4.78 is 29.0. The standard InChI is InChI=1S/C30H35Cl2N3O4S/c1-6-27(30(37)33-20(2)3)34(18-23-15-16-25(31)26(32)17-23)29(36)19-35(28-14-10-11-21(4)22(28)5)40(38,39)24-12-8-7-9-13-24/h7-17,20,27H,6,18-19H2,1-5H3,(H,33,37)/t27-/m0/s1. The zero-order valence-electron chi connectivity index (χ0n) is 23.3. The van der Waals surface area contributed by atoms with Gasteiger partial charge in [-0.15, -0.1) is 0 Å². The summed E-state index contributed by atoms with van der Waals surface area (Å²) in [6, 6.07) is 17.3. The van der Waals surface area contributed by atoms with Crippen molar-refractivity contribution in [3.8, 4) is 0 Å². The molecule has 0 bridgehead atoms. The SMILES string of the molecule is CC[C@@H](C(=O)NC(C)C)N(Cc1ccc(Cl)c(Cl)c1)C(=O)CN(c1cccc(C)c1C)S(=O)(=O)c1ccccc1. The summed E-state index contributed by atoms with van der Waals surface area (Å²) in [5.41, 5.74) is 2.66. The van der Waals surface area contributed by atoms with Gasteiger partial charge in [0.2, 0.25) is 11.8 Å². The summed E-state index contributed by atoms with van der Waals surface area (Å²) in [7, 11) is -4.13. The van der Waals surface area contributed by atoms with E-state index < -0.39 is 28.5 Å². The number of rotatable bonds is 11. The highest BCUT2D eigenvalue weighted by Crippen LogP contribution is 2.30. The van der Waals surface area contributed by atoms with Gasteiger partial charge in [-0.25, -0.2) is 8.42 Å². The van der Waals surface area contributed by atoms with E-state index in [1.54, 1.807) is 48.5 Å². The van der Waals surface area contributed by atoms with Crippen molar-refractivity contribution in [3.63, 3.8) is 0 Å².